The van der Waals surface area contributed by atoms with Crippen LogP contribution in [0, 0.1) is 46.3 Å². The summed E-state index contributed by atoms with van der Waals surface area (Å²) in [6.07, 6.45) is 3.80. The molecule has 4 fully saturated rings. The van der Waals surface area contributed by atoms with E-state index >= 15 is 0 Å². The first-order valence-corrected chi connectivity index (χ1v) is 14.5. The first kappa shape index (κ1) is 25.2. The fraction of sp³-hybridized carbons (Fsp3) is 0.962. The molecule has 0 bridgehead atoms. The second-order valence-corrected chi connectivity index (χ2v) is 13.4. The number of rotatable bonds is 7. The summed E-state index contributed by atoms with van der Waals surface area (Å²) in [6, 6.07) is 0. The van der Waals surface area contributed by atoms with Gasteiger partial charge in [-0.2, -0.15) is 0 Å². The maximum atomic E-state index is 12.5. The zero-order valence-electron chi connectivity index (χ0n) is 25.9. The van der Waals surface area contributed by atoms with E-state index in [0.717, 1.165) is 32.1 Å². The number of fused-ring (bicyclic) bond motifs is 5. The average Bonchev–Trinajstić information content (AvgIpc) is 3.18. The van der Waals surface area contributed by atoms with Crippen molar-refractivity contribution in [2.45, 2.75) is 96.9 Å². The zero-order valence-corrected chi connectivity index (χ0v) is 24.8. The summed E-state index contributed by atoms with van der Waals surface area (Å²) in [4.78, 5) is 12.5. The molecule has 8 nitrogen and oxygen atoms in total. The second kappa shape index (κ2) is 11.4. The minimum absolute atomic E-state index is 0. The molecule has 0 aromatic carbocycles. The maximum absolute atomic E-state index is 12.5. The predicted molar refractivity (Wildman–Crippen MR) is 130 cm³/mol. The van der Waals surface area contributed by atoms with Crippen molar-refractivity contribution >= 4 is 16.0 Å². The molecule has 11 atom stereocenters. The van der Waals surface area contributed by atoms with Gasteiger partial charge in [0, 0.05) is 15.7 Å². The molecule has 10 heteroatoms. The van der Waals surface area contributed by atoms with Gasteiger partial charge in [0.25, 0.3) is 0 Å². The van der Waals surface area contributed by atoms with Crippen LogP contribution in [0.4, 0.5) is 0 Å². The van der Waals surface area contributed by atoms with Gasteiger partial charge in [-0.15, -0.1) is 0 Å². The van der Waals surface area contributed by atoms with Crippen LogP contribution in [0.25, 0.3) is 0 Å². The Kier molecular flexibility index (Phi) is 7.99. The number of hydrogen-bond donors (Lipinski definition) is 4. The second-order valence-electron chi connectivity index (χ2n) is 12.3. The van der Waals surface area contributed by atoms with Crippen LogP contribution in [-0.2, 0) is 14.9 Å². The van der Waals surface area contributed by atoms with Crippen molar-refractivity contribution in [2.24, 2.45) is 46.3 Å². The molecule has 4 N–H and O–H groups in total. The van der Waals surface area contributed by atoms with Crippen LogP contribution in [0.5, 0.6) is 0 Å². The number of aliphatic hydroxyl groups is 3. The van der Waals surface area contributed by atoms with E-state index in [1.165, 1.54) is 0 Å². The van der Waals surface area contributed by atoms with Crippen molar-refractivity contribution < 1.29 is 68.1 Å². The molecule has 4 rings (SSSR count). The van der Waals surface area contributed by atoms with Gasteiger partial charge in [-0.05, 0) is 97.7 Å². The Hall–Kier alpha value is 0.260. The van der Waals surface area contributed by atoms with Gasteiger partial charge < -0.3 is 25.2 Å². The zero-order chi connectivity index (χ0) is 29.3. The third-order valence-corrected chi connectivity index (χ3v) is 11.0. The third-order valence-electron chi connectivity index (χ3n) is 10.7. The predicted octanol–water partition coefficient (Wildman–Crippen LogP) is -0.970. The van der Waals surface area contributed by atoms with Crippen molar-refractivity contribution in [3.05, 3.63) is 0 Å². The van der Waals surface area contributed by atoms with Crippen molar-refractivity contribution in [1.82, 2.24) is 5.32 Å². The molecular weight excluding hydrogens is 493 g/mol. The quantitative estimate of drug-likeness (QED) is 0.240. The van der Waals surface area contributed by atoms with E-state index in [-0.39, 0.29) is 82.3 Å². The molecule has 36 heavy (non-hydrogen) atoms. The fourth-order valence-corrected chi connectivity index (χ4v) is 9.17. The third kappa shape index (κ3) is 5.74. The Bertz CT molecular complexity index is 1070. The number of hydrogen-bond acceptors (Lipinski definition) is 7. The molecule has 1 amide bonds. The van der Waals surface area contributed by atoms with E-state index in [1.54, 1.807) is 5.32 Å². The van der Waals surface area contributed by atoms with Gasteiger partial charge in [-0.3, -0.25) is 4.79 Å². The van der Waals surface area contributed by atoms with Gasteiger partial charge in [-0.1, -0.05) is 20.8 Å². The summed E-state index contributed by atoms with van der Waals surface area (Å²) >= 11 is 0. The first-order chi connectivity index (χ1) is 17.8. The molecule has 0 saturated heterocycles. The van der Waals surface area contributed by atoms with E-state index in [0.29, 0.717) is 19.3 Å². The molecule has 0 radical (unpaired) electrons. The van der Waals surface area contributed by atoms with Crippen molar-refractivity contribution in [2.75, 3.05) is 12.2 Å². The minimum atomic E-state index is -5.66. The number of carbonyl (C=O) groups excluding carboxylic acids is 1. The molecule has 4 aliphatic carbocycles. The normalized spacial score (nSPS) is 47.4. The molecule has 4 aliphatic rings. The topological polar surface area (TPSA) is 147 Å². The number of amides is 1. The van der Waals surface area contributed by atoms with Crippen LogP contribution < -0.4 is 34.9 Å². The largest absolute Gasteiger partial charge is 1.00 e. The standard InChI is InChI=1S/C26H45NO7S.Na/c1-15(4-7-21(29)27-12-13-35(32,33)34)17-5-6-18-22-19(9-11-25(17,18)2)26(3)10-8-16(28)14-20(26)23(30)24(22)31;/h15-20,22-24,28,30-31H,4-14H2,1-3H3,(H,27,29)(H,32,33,34);/q;+1/p-1/t15-,16-,17-,18+,19+,20+,22?,23+,24+,25-,26-;/m1./s1/i12D2,13D2;. The van der Waals surface area contributed by atoms with E-state index in [1.807, 2.05) is 6.92 Å². The summed E-state index contributed by atoms with van der Waals surface area (Å²) in [6.45, 7) is 3.12. The van der Waals surface area contributed by atoms with Gasteiger partial charge in [0.15, 0.2) is 0 Å². The molecule has 202 valence electrons. The first-order valence-electron chi connectivity index (χ1n) is 15.1. The fourth-order valence-electron chi connectivity index (χ4n) is 8.99. The van der Waals surface area contributed by atoms with Gasteiger partial charge in [0.05, 0.1) is 36.9 Å². The summed E-state index contributed by atoms with van der Waals surface area (Å²) in [5.41, 5.74) is -4.06. The van der Waals surface area contributed by atoms with E-state index in [2.05, 4.69) is 13.8 Å². The monoisotopic (exact) mass is 541 g/mol. The van der Waals surface area contributed by atoms with Crippen LogP contribution >= 0.6 is 0 Å². The van der Waals surface area contributed by atoms with E-state index in [4.69, 9.17) is 5.48 Å². The molecule has 0 aliphatic heterocycles. The molecule has 0 aromatic heterocycles. The molecular formula is C26H44NNaO7S. The van der Waals surface area contributed by atoms with Gasteiger partial charge in [-0.25, -0.2) is 8.42 Å². The van der Waals surface area contributed by atoms with Crippen LogP contribution in [0.15, 0.2) is 0 Å². The Morgan fingerprint density at radius 3 is 2.36 bits per heavy atom. The number of aliphatic hydroxyl groups excluding tert-OH is 3. The number of carbonyl (C=O) groups is 1. The van der Waals surface area contributed by atoms with Gasteiger partial charge >= 0.3 is 29.6 Å². The van der Waals surface area contributed by atoms with Crippen molar-refractivity contribution in [1.29, 1.82) is 0 Å². The minimum Gasteiger partial charge on any atom is -0.748 e. The number of nitrogens with one attached hydrogen (secondary N) is 1. The van der Waals surface area contributed by atoms with Crippen LogP contribution in [0.2, 0.25) is 0 Å². The molecule has 1 unspecified atom stereocenters. The van der Waals surface area contributed by atoms with E-state index < -0.39 is 46.5 Å². The maximum Gasteiger partial charge on any atom is 1.00 e. The van der Waals surface area contributed by atoms with Crippen molar-refractivity contribution in [3.8, 4) is 0 Å². The molecule has 4 saturated carbocycles. The molecule has 0 aromatic rings. The SMILES string of the molecule is [2H]C([2H])(NC(=O)CC[C@@H](C)[C@H]1CC[C@H]2C3[C@H](O)[C@@H](O)[C@@H]4C[C@H](O)CC[C@]4(C)[C@H]3CC[C@]12C)C([2H])([2H])S(=O)(=O)[O-].[Na+]. The smallest absolute Gasteiger partial charge is 0.748 e. The van der Waals surface area contributed by atoms with Gasteiger partial charge in [0.1, 0.15) is 0 Å². The Balaban J connectivity index is 0.00000441. The summed E-state index contributed by atoms with van der Waals surface area (Å²) in [7, 11) is -5.66. The Morgan fingerprint density at radius 2 is 1.69 bits per heavy atom. The Labute approximate surface area is 244 Å². The van der Waals surface area contributed by atoms with Crippen LogP contribution in [-0.4, -0.2) is 64.7 Å². The van der Waals surface area contributed by atoms with Crippen molar-refractivity contribution in [3.63, 3.8) is 0 Å². The molecule has 0 spiro atoms. The van der Waals surface area contributed by atoms with Crippen LogP contribution in [0.1, 0.15) is 84.0 Å². The Morgan fingerprint density at radius 1 is 1.06 bits per heavy atom. The average molecular weight is 542 g/mol. The van der Waals surface area contributed by atoms with Crippen LogP contribution in [0.3, 0.4) is 0 Å². The van der Waals surface area contributed by atoms with Gasteiger partial charge in [0.2, 0.25) is 5.91 Å². The summed E-state index contributed by atoms with van der Waals surface area (Å²) in [5.74, 6) is -0.292. The summed E-state index contributed by atoms with van der Waals surface area (Å²) in [5, 5.41) is 34.6. The summed E-state index contributed by atoms with van der Waals surface area (Å²) < 4.78 is 63.6. The van der Waals surface area contributed by atoms with E-state index in [9.17, 15) is 33.1 Å². The molecule has 0 heterocycles.